The number of hydrogen-bond acceptors (Lipinski definition) is 3. The Balaban J connectivity index is 1.94. The minimum absolute atomic E-state index is 0.477. The topological polar surface area (TPSA) is 25.8 Å². The van der Waals surface area contributed by atoms with Gasteiger partial charge in [0, 0.05) is 10.9 Å². The molecule has 0 bridgehead atoms. The molecule has 4 heteroatoms. The molecule has 0 aromatic carbocycles. The molecule has 1 aromatic rings. The molecule has 0 N–H and O–H groups in total. The normalized spacial score (nSPS) is 16.9. The van der Waals surface area contributed by atoms with Crippen molar-refractivity contribution in [2.45, 2.75) is 49.5 Å². The molecule has 0 unspecified atom stereocenters. The fourth-order valence-corrected chi connectivity index (χ4v) is 3.40. The van der Waals surface area contributed by atoms with Crippen molar-refractivity contribution in [2.75, 3.05) is 0 Å². The van der Waals surface area contributed by atoms with Crippen LogP contribution < -0.4 is 0 Å². The van der Waals surface area contributed by atoms with Crippen molar-refractivity contribution in [1.29, 1.82) is 0 Å². The number of halogens is 1. The predicted octanol–water partition coefficient (Wildman–Crippen LogP) is 3.70. The Kier molecular flexibility index (Phi) is 4.47. The summed E-state index contributed by atoms with van der Waals surface area (Å²) in [5.41, 5.74) is 1.96. The second-order valence-corrected chi connectivity index (χ2v) is 5.82. The van der Waals surface area contributed by atoms with E-state index >= 15 is 0 Å². The molecule has 1 fully saturated rings. The Bertz CT molecular complexity index is 351. The van der Waals surface area contributed by atoms with Crippen LogP contribution in [-0.4, -0.2) is 15.2 Å². The molecule has 0 aliphatic heterocycles. The number of aryl methyl sites for hydroxylation is 1. The molecule has 88 valence electrons. The molecule has 2 rings (SSSR count). The quantitative estimate of drug-likeness (QED) is 0.769. The summed E-state index contributed by atoms with van der Waals surface area (Å²) in [6.07, 6.45) is 5.50. The van der Waals surface area contributed by atoms with Crippen molar-refractivity contribution in [3.8, 4) is 0 Å². The van der Waals surface area contributed by atoms with Gasteiger partial charge in [-0.2, -0.15) is 11.8 Å². The average molecular weight is 257 g/mol. The van der Waals surface area contributed by atoms with Gasteiger partial charge in [-0.25, -0.2) is 9.97 Å². The molecule has 1 saturated carbocycles. The Morgan fingerprint density at radius 3 is 2.81 bits per heavy atom. The third-order valence-corrected chi connectivity index (χ3v) is 4.48. The van der Waals surface area contributed by atoms with E-state index in [9.17, 15) is 0 Å². The van der Waals surface area contributed by atoms with Gasteiger partial charge in [0.25, 0.3) is 0 Å². The lowest BCUT2D eigenvalue weighted by atomic mass is 10.3. The van der Waals surface area contributed by atoms with Crippen molar-refractivity contribution >= 4 is 23.4 Å². The molecule has 0 amide bonds. The zero-order chi connectivity index (χ0) is 11.4. The molecular weight excluding hydrogens is 240 g/mol. The standard InChI is InChI=1S/C12H17ClN2S/c1-9-6-10(7-13)15-12(14-9)8-16-11-4-2-3-5-11/h6,11H,2-5,7-8H2,1H3. The number of alkyl halides is 1. The summed E-state index contributed by atoms with van der Waals surface area (Å²) in [5.74, 6) is 2.34. The third kappa shape index (κ3) is 3.36. The van der Waals surface area contributed by atoms with E-state index in [4.69, 9.17) is 11.6 Å². The van der Waals surface area contributed by atoms with Gasteiger partial charge >= 0.3 is 0 Å². The lowest BCUT2D eigenvalue weighted by molar-refractivity contribution is 0.886. The van der Waals surface area contributed by atoms with Crippen LogP contribution in [0, 0.1) is 6.92 Å². The van der Waals surface area contributed by atoms with E-state index in [1.807, 2.05) is 24.8 Å². The highest BCUT2D eigenvalue weighted by atomic mass is 35.5. The molecule has 1 aliphatic carbocycles. The minimum atomic E-state index is 0.477. The summed E-state index contributed by atoms with van der Waals surface area (Å²) < 4.78 is 0. The zero-order valence-electron chi connectivity index (χ0n) is 9.58. The summed E-state index contributed by atoms with van der Waals surface area (Å²) in [6.45, 7) is 2.00. The molecule has 1 aromatic heterocycles. The van der Waals surface area contributed by atoms with Crippen molar-refractivity contribution in [2.24, 2.45) is 0 Å². The second-order valence-electron chi connectivity index (χ2n) is 4.27. The molecule has 1 heterocycles. The summed E-state index contributed by atoms with van der Waals surface area (Å²) in [6, 6.07) is 1.96. The van der Waals surface area contributed by atoms with E-state index in [-0.39, 0.29) is 0 Å². The molecule has 0 atom stereocenters. The zero-order valence-corrected chi connectivity index (χ0v) is 11.2. The van der Waals surface area contributed by atoms with Crippen LogP contribution in [0.4, 0.5) is 0 Å². The van der Waals surface area contributed by atoms with Gasteiger partial charge in [-0.15, -0.1) is 11.6 Å². The molecule has 1 aliphatic rings. The Labute approximate surface area is 106 Å². The van der Waals surface area contributed by atoms with Gasteiger partial charge in [-0.1, -0.05) is 12.8 Å². The molecule has 16 heavy (non-hydrogen) atoms. The van der Waals surface area contributed by atoms with Gasteiger partial charge in [0.15, 0.2) is 0 Å². The Hall–Kier alpha value is -0.280. The van der Waals surface area contributed by atoms with E-state index in [1.54, 1.807) is 0 Å². The van der Waals surface area contributed by atoms with Crippen molar-refractivity contribution in [3.63, 3.8) is 0 Å². The maximum absolute atomic E-state index is 5.80. The Morgan fingerprint density at radius 1 is 1.38 bits per heavy atom. The maximum Gasteiger partial charge on any atom is 0.138 e. The molecule has 0 spiro atoms. The van der Waals surface area contributed by atoms with Crippen LogP contribution in [0.1, 0.15) is 42.9 Å². The fourth-order valence-electron chi connectivity index (χ4n) is 2.08. The highest BCUT2D eigenvalue weighted by Crippen LogP contribution is 2.30. The maximum atomic E-state index is 5.80. The summed E-state index contributed by atoms with van der Waals surface area (Å²) >= 11 is 7.80. The first-order chi connectivity index (χ1) is 7.78. The number of hydrogen-bond donors (Lipinski definition) is 0. The van der Waals surface area contributed by atoms with Gasteiger partial charge in [-0.05, 0) is 25.8 Å². The van der Waals surface area contributed by atoms with E-state index in [0.717, 1.165) is 28.2 Å². The Morgan fingerprint density at radius 2 is 2.12 bits per heavy atom. The van der Waals surface area contributed by atoms with Crippen LogP contribution in [0.3, 0.4) is 0 Å². The van der Waals surface area contributed by atoms with Crippen molar-refractivity contribution < 1.29 is 0 Å². The fraction of sp³-hybridized carbons (Fsp3) is 0.667. The molecular formula is C12H17ClN2S. The van der Waals surface area contributed by atoms with Crippen LogP contribution in [0.25, 0.3) is 0 Å². The van der Waals surface area contributed by atoms with Crippen molar-refractivity contribution in [3.05, 3.63) is 23.3 Å². The first-order valence-electron chi connectivity index (χ1n) is 5.79. The van der Waals surface area contributed by atoms with Gasteiger partial charge in [0.1, 0.15) is 5.82 Å². The van der Waals surface area contributed by atoms with E-state index in [2.05, 4.69) is 9.97 Å². The smallest absolute Gasteiger partial charge is 0.138 e. The van der Waals surface area contributed by atoms with Crippen LogP contribution in [0.5, 0.6) is 0 Å². The van der Waals surface area contributed by atoms with Gasteiger partial charge in [0.05, 0.1) is 17.3 Å². The largest absolute Gasteiger partial charge is 0.237 e. The molecule has 2 nitrogen and oxygen atoms in total. The van der Waals surface area contributed by atoms with Gasteiger partial charge in [-0.3, -0.25) is 0 Å². The van der Waals surface area contributed by atoms with Crippen LogP contribution in [0.2, 0.25) is 0 Å². The first-order valence-corrected chi connectivity index (χ1v) is 7.37. The minimum Gasteiger partial charge on any atom is -0.237 e. The summed E-state index contributed by atoms with van der Waals surface area (Å²) in [5, 5.41) is 0.823. The highest BCUT2D eigenvalue weighted by molar-refractivity contribution is 7.99. The summed E-state index contributed by atoms with van der Waals surface area (Å²) in [4.78, 5) is 8.90. The van der Waals surface area contributed by atoms with E-state index in [1.165, 1.54) is 25.7 Å². The third-order valence-electron chi connectivity index (χ3n) is 2.84. The van der Waals surface area contributed by atoms with Crippen LogP contribution in [-0.2, 0) is 11.6 Å². The van der Waals surface area contributed by atoms with E-state index < -0.39 is 0 Å². The van der Waals surface area contributed by atoms with E-state index in [0.29, 0.717) is 5.88 Å². The van der Waals surface area contributed by atoms with Crippen LogP contribution >= 0.6 is 23.4 Å². The number of thioether (sulfide) groups is 1. The monoisotopic (exact) mass is 256 g/mol. The molecule has 0 saturated heterocycles. The first kappa shape index (κ1) is 12.2. The lowest BCUT2D eigenvalue weighted by Crippen LogP contribution is -2.02. The highest BCUT2D eigenvalue weighted by Gasteiger charge is 2.15. The SMILES string of the molecule is Cc1cc(CCl)nc(CSC2CCCC2)n1. The molecule has 0 radical (unpaired) electrons. The second kappa shape index (κ2) is 5.87. The summed E-state index contributed by atoms with van der Waals surface area (Å²) in [7, 11) is 0. The predicted molar refractivity (Wildman–Crippen MR) is 69.9 cm³/mol. The number of rotatable bonds is 4. The van der Waals surface area contributed by atoms with Crippen molar-refractivity contribution in [1.82, 2.24) is 9.97 Å². The average Bonchev–Trinajstić information content (AvgIpc) is 2.78. The van der Waals surface area contributed by atoms with Gasteiger partial charge < -0.3 is 0 Å². The number of nitrogens with zero attached hydrogens (tertiary/aromatic N) is 2. The number of aromatic nitrogens is 2. The lowest BCUT2D eigenvalue weighted by Gasteiger charge is -2.08. The van der Waals surface area contributed by atoms with Crippen LogP contribution in [0.15, 0.2) is 6.07 Å². The van der Waals surface area contributed by atoms with Gasteiger partial charge in [0.2, 0.25) is 0 Å².